The van der Waals surface area contributed by atoms with Gasteiger partial charge in [0.15, 0.2) is 5.60 Å². The minimum absolute atomic E-state index is 0.0214. The summed E-state index contributed by atoms with van der Waals surface area (Å²) in [5.74, 6) is -5.87. The van der Waals surface area contributed by atoms with Crippen LogP contribution in [0, 0.1) is 5.92 Å². The first-order chi connectivity index (χ1) is 11.8. The van der Waals surface area contributed by atoms with Gasteiger partial charge in [-0.15, -0.1) is 0 Å². The molecule has 25 heavy (non-hydrogen) atoms. The third kappa shape index (κ3) is 9.43. The summed E-state index contributed by atoms with van der Waals surface area (Å²) in [6, 6.07) is 0. The van der Waals surface area contributed by atoms with Crippen LogP contribution < -0.4 is 0 Å². The molecule has 0 unspecified atom stereocenters. The minimum atomic E-state index is -2.55. The van der Waals surface area contributed by atoms with Crippen molar-refractivity contribution in [2.75, 3.05) is 0 Å². The van der Waals surface area contributed by atoms with Crippen LogP contribution >= 0.6 is 0 Å². The highest BCUT2D eigenvalue weighted by Crippen LogP contribution is 2.29. The molecule has 0 fully saturated rings. The van der Waals surface area contributed by atoms with Crippen LogP contribution in [0.1, 0.15) is 84.0 Å². The summed E-state index contributed by atoms with van der Waals surface area (Å²) in [5.41, 5.74) is -2.55. The maximum Gasteiger partial charge on any atom is 0.336 e. The third-order valence-corrected chi connectivity index (χ3v) is 4.56. The molecule has 7 nitrogen and oxygen atoms in total. The topological polar surface area (TPSA) is 132 Å². The predicted molar refractivity (Wildman–Crippen MR) is 92.4 cm³/mol. The lowest BCUT2D eigenvalue weighted by Gasteiger charge is -2.29. The highest BCUT2D eigenvalue weighted by atomic mass is 16.4. The van der Waals surface area contributed by atoms with Crippen LogP contribution in [0.25, 0.3) is 0 Å². The Bertz CT molecular complexity index is 422. The molecule has 0 aliphatic carbocycles. The van der Waals surface area contributed by atoms with Crippen molar-refractivity contribution in [3.8, 4) is 0 Å². The van der Waals surface area contributed by atoms with E-state index in [0.29, 0.717) is 6.42 Å². The Morgan fingerprint density at radius 2 is 1.32 bits per heavy atom. The summed E-state index contributed by atoms with van der Waals surface area (Å²) in [6.07, 6.45) is 8.08. The molecule has 0 saturated heterocycles. The molecule has 0 aromatic heterocycles. The van der Waals surface area contributed by atoms with Crippen molar-refractivity contribution < 1.29 is 34.8 Å². The van der Waals surface area contributed by atoms with Gasteiger partial charge in [-0.25, -0.2) is 4.79 Å². The molecule has 0 aromatic carbocycles. The van der Waals surface area contributed by atoms with Gasteiger partial charge in [-0.05, 0) is 12.8 Å². The lowest BCUT2D eigenvalue weighted by Crippen LogP contribution is -2.49. The summed E-state index contributed by atoms with van der Waals surface area (Å²) in [6.45, 7) is 2.16. The second-order valence-corrected chi connectivity index (χ2v) is 6.63. The summed E-state index contributed by atoms with van der Waals surface area (Å²) >= 11 is 0. The first kappa shape index (κ1) is 23.4. The number of carboxylic acid groups (broad SMARTS) is 3. The fraction of sp³-hybridized carbons (Fsp3) is 0.833. The number of hydrogen-bond acceptors (Lipinski definition) is 4. The highest BCUT2D eigenvalue weighted by molar-refractivity contribution is 5.86. The Labute approximate surface area is 149 Å². The van der Waals surface area contributed by atoms with Crippen LogP contribution in [0.2, 0.25) is 0 Å². The molecule has 4 N–H and O–H groups in total. The number of carbonyl (C=O) groups is 3. The van der Waals surface area contributed by atoms with Gasteiger partial charge in [-0.1, -0.05) is 64.7 Å². The standard InChI is InChI=1S/C18H32O7/c1-2-3-4-5-6-7-8-9-10-11-14(16(21)22)18(25,17(23)24)13-12-15(19)20/h14,25H,2-13H2,1H3,(H,19,20)(H,21,22)(H,23,24)/t14-,18+/m1/s1. The summed E-state index contributed by atoms with van der Waals surface area (Å²) in [7, 11) is 0. The molecule has 0 heterocycles. The molecular formula is C18H32O7. The molecule has 0 rings (SSSR count). The molecule has 0 aliphatic heterocycles. The lowest BCUT2D eigenvalue weighted by molar-refractivity contribution is -0.176. The average molecular weight is 360 g/mol. The normalized spacial score (nSPS) is 14.6. The van der Waals surface area contributed by atoms with Gasteiger partial charge in [0.2, 0.25) is 0 Å². The van der Waals surface area contributed by atoms with Gasteiger partial charge in [0, 0.05) is 6.42 Å². The minimum Gasteiger partial charge on any atom is -0.481 e. The highest BCUT2D eigenvalue weighted by Gasteiger charge is 2.47. The zero-order valence-corrected chi connectivity index (χ0v) is 15.1. The number of unbranched alkanes of at least 4 members (excludes halogenated alkanes) is 8. The van der Waals surface area contributed by atoms with Crippen LogP contribution in [0.3, 0.4) is 0 Å². The number of aliphatic carboxylic acids is 3. The van der Waals surface area contributed by atoms with E-state index in [1.165, 1.54) is 25.7 Å². The van der Waals surface area contributed by atoms with Crippen molar-refractivity contribution in [1.29, 1.82) is 0 Å². The Balaban J connectivity index is 4.36. The van der Waals surface area contributed by atoms with Gasteiger partial charge < -0.3 is 20.4 Å². The van der Waals surface area contributed by atoms with Crippen molar-refractivity contribution in [3.63, 3.8) is 0 Å². The number of rotatable bonds is 16. The van der Waals surface area contributed by atoms with E-state index in [-0.39, 0.29) is 6.42 Å². The third-order valence-electron chi connectivity index (χ3n) is 4.56. The average Bonchev–Trinajstić information content (AvgIpc) is 2.54. The first-order valence-corrected chi connectivity index (χ1v) is 9.16. The van der Waals surface area contributed by atoms with Crippen molar-refractivity contribution >= 4 is 17.9 Å². The van der Waals surface area contributed by atoms with Gasteiger partial charge in [0.05, 0.1) is 5.92 Å². The molecule has 0 bridgehead atoms. The summed E-state index contributed by atoms with van der Waals surface area (Å²) in [4.78, 5) is 33.4. The van der Waals surface area contributed by atoms with Crippen molar-refractivity contribution in [2.24, 2.45) is 5.92 Å². The van der Waals surface area contributed by atoms with E-state index in [9.17, 15) is 29.7 Å². The summed E-state index contributed by atoms with van der Waals surface area (Å²) < 4.78 is 0. The molecule has 0 aliphatic rings. The maximum atomic E-state index is 11.4. The Hall–Kier alpha value is -1.63. The van der Waals surface area contributed by atoms with Gasteiger partial charge in [-0.3, -0.25) is 9.59 Å². The van der Waals surface area contributed by atoms with Crippen LogP contribution in [0.15, 0.2) is 0 Å². The lowest BCUT2D eigenvalue weighted by atomic mass is 9.80. The maximum absolute atomic E-state index is 11.4. The second-order valence-electron chi connectivity index (χ2n) is 6.63. The number of carboxylic acids is 3. The molecule has 7 heteroatoms. The molecule has 0 aromatic rings. The SMILES string of the molecule is CCCCCCCCCCC[C@H](C(=O)O)[C@@](O)(CCC(=O)O)C(=O)O. The van der Waals surface area contributed by atoms with Crippen molar-refractivity contribution in [2.45, 2.75) is 89.6 Å². The zero-order chi connectivity index (χ0) is 19.3. The quantitative estimate of drug-likeness (QED) is 0.310. The van der Waals surface area contributed by atoms with E-state index in [4.69, 9.17) is 5.11 Å². The summed E-state index contributed by atoms with van der Waals surface area (Å²) in [5, 5.41) is 37.4. The van der Waals surface area contributed by atoms with E-state index in [2.05, 4.69) is 6.92 Å². The molecule has 0 amide bonds. The van der Waals surface area contributed by atoms with E-state index >= 15 is 0 Å². The van der Waals surface area contributed by atoms with Gasteiger partial charge in [-0.2, -0.15) is 0 Å². The Kier molecular flexibility index (Phi) is 11.9. The van der Waals surface area contributed by atoms with E-state index in [1.54, 1.807) is 0 Å². The zero-order valence-electron chi connectivity index (χ0n) is 15.1. The van der Waals surface area contributed by atoms with Crippen molar-refractivity contribution in [1.82, 2.24) is 0 Å². The van der Waals surface area contributed by atoms with Crippen LogP contribution in [-0.2, 0) is 14.4 Å². The first-order valence-electron chi connectivity index (χ1n) is 9.16. The molecule has 146 valence electrons. The number of aliphatic hydroxyl groups is 1. The van der Waals surface area contributed by atoms with E-state index in [0.717, 1.165) is 25.7 Å². The molecule has 0 saturated carbocycles. The predicted octanol–water partition coefficient (Wildman–Crippen LogP) is 3.29. The van der Waals surface area contributed by atoms with Crippen LogP contribution in [-0.4, -0.2) is 43.9 Å². The Morgan fingerprint density at radius 1 is 0.840 bits per heavy atom. The monoisotopic (exact) mass is 360 g/mol. The molecule has 2 atom stereocenters. The van der Waals surface area contributed by atoms with Crippen LogP contribution in [0.5, 0.6) is 0 Å². The molecule has 0 spiro atoms. The van der Waals surface area contributed by atoms with Gasteiger partial charge >= 0.3 is 17.9 Å². The smallest absolute Gasteiger partial charge is 0.336 e. The van der Waals surface area contributed by atoms with E-state index < -0.39 is 42.3 Å². The number of hydrogen-bond donors (Lipinski definition) is 4. The van der Waals surface area contributed by atoms with Gasteiger partial charge in [0.25, 0.3) is 0 Å². The Morgan fingerprint density at radius 3 is 1.72 bits per heavy atom. The fourth-order valence-corrected chi connectivity index (χ4v) is 2.95. The second kappa shape index (κ2) is 12.7. The molecule has 0 radical (unpaired) electrons. The fourth-order valence-electron chi connectivity index (χ4n) is 2.95. The largest absolute Gasteiger partial charge is 0.481 e. The molecular weight excluding hydrogens is 328 g/mol. The van der Waals surface area contributed by atoms with E-state index in [1.807, 2.05) is 0 Å². The van der Waals surface area contributed by atoms with Crippen molar-refractivity contribution in [3.05, 3.63) is 0 Å². The van der Waals surface area contributed by atoms with Crippen LogP contribution in [0.4, 0.5) is 0 Å². The van der Waals surface area contributed by atoms with Gasteiger partial charge in [0.1, 0.15) is 0 Å².